The van der Waals surface area contributed by atoms with Crippen molar-refractivity contribution >= 4 is 23.3 Å². The molecule has 0 aliphatic rings. The first kappa shape index (κ1) is 14.5. The second-order valence-electron chi connectivity index (χ2n) is 4.62. The number of nitrogens with zero attached hydrogens (tertiary/aromatic N) is 2. The third-order valence-corrected chi connectivity index (χ3v) is 3.02. The fourth-order valence-corrected chi connectivity index (χ4v) is 1.97. The minimum atomic E-state index is -0.487. The van der Waals surface area contributed by atoms with Crippen molar-refractivity contribution in [3.63, 3.8) is 0 Å². The van der Waals surface area contributed by atoms with Gasteiger partial charge in [-0.2, -0.15) is 0 Å². The molecule has 7 nitrogen and oxygen atoms in total. The Hall–Kier alpha value is -3.48. The molecule has 3 N–H and O–H groups in total. The first-order chi connectivity index (χ1) is 11.2. The Kier molecular flexibility index (Phi) is 4.10. The summed E-state index contributed by atoms with van der Waals surface area (Å²) in [5.41, 5.74) is 0.711. The van der Waals surface area contributed by atoms with Gasteiger partial charge in [0.15, 0.2) is 5.69 Å². The van der Waals surface area contributed by atoms with E-state index in [1.54, 1.807) is 48.7 Å². The number of rotatable bonds is 4. The summed E-state index contributed by atoms with van der Waals surface area (Å²) >= 11 is 0. The summed E-state index contributed by atoms with van der Waals surface area (Å²) in [6, 6.07) is 14.1. The molecule has 0 fully saturated rings. The number of benzene rings is 1. The summed E-state index contributed by atoms with van der Waals surface area (Å²) < 4.78 is 0. The van der Waals surface area contributed by atoms with Crippen molar-refractivity contribution < 1.29 is 9.59 Å². The molecule has 0 spiro atoms. The SMILES string of the molecule is O=C(Nc1ccccc1)c1nc[nH]c1C(=O)Nc1ccccn1. The number of anilines is 2. The highest BCUT2D eigenvalue weighted by molar-refractivity contribution is 6.13. The molecule has 2 aromatic heterocycles. The normalized spacial score (nSPS) is 10.1. The number of imidazole rings is 1. The third kappa shape index (κ3) is 3.41. The number of H-pyrrole nitrogens is 1. The van der Waals surface area contributed by atoms with E-state index in [1.807, 2.05) is 6.07 Å². The van der Waals surface area contributed by atoms with E-state index >= 15 is 0 Å². The van der Waals surface area contributed by atoms with Gasteiger partial charge in [-0.3, -0.25) is 9.59 Å². The third-order valence-electron chi connectivity index (χ3n) is 3.02. The number of carbonyl (C=O) groups excluding carboxylic acids is 2. The molecule has 0 radical (unpaired) electrons. The number of nitrogens with one attached hydrogen (secondary N) is 3. The van der Waals surface area contributed by atoms with Gasteiger partial charge in [0.05, 0.1) is 6.33 Å². The largest absolute Gasteiger partial charge is 0.340 e. The van der Waals surface area contributed by atoms with E-state index in [0.717, 1.165) is 0 Å². The lowest BCUT2D eigenvalue weighted by Gasteiger charge is -2.06. The van der Waals surface area contributed by atoms with Gasteiger partial charge in [-0.25, -0.2) is 9.97 Å². The number of para-hydroxylation sites is 1. The summed E-state index contributed by atoms with van der Waals surface area (Å²) in [6.45, 7) is 0. The Morgan fingerprint density at radius 1 is 0.870 bits per heavy atom. The standard InChI is InChI=1S/C16H13N5O2/c22-15(20-11-6-2-1-3-7-11)13-14(19-10-18-13)16(23)21-12-8-4-5-9-17-12/h1-10H,(H,18,19)(H,20,22)(H,17,21,23). The van der Waals surface area contributed by atoms with E-state index in [4.69, 9.17) is 0 Å². The number of aromatic nitrogens is 3. The first-order valence-electron chi connectivity index (χ1n) is 6.86. The van der Waals surface area contributed by atoms with Crippen molar-refractivity contribution in [1.82, 2.24) is 15.0 Å². The predicted molar refractivity (Wildman–Crippen MR) is 85.2 cm³/mol. The second-order valence-corrected chi connectivity index (χ2v) is 4.62. The lowest BCUT2D eigenvalue weighted by atomic mass is 10.2. The first-order valence-corrected chi connectivity index (χ1v) is 6.86. The van der Waals surface area contributed by atoms with Crippen LogP contribution in [0.5, 0.6) is 0 Å². The average molecular weight is 307 g/mol. The van der Waals surface area contributed by atoms with E-state index in [0.29, 0.717) is 11.5 Å². The molecule has 1 aromatic carbocycles. The van der Waals surface area contributed by atoms with Crippen LogP contribution in [-0.4, -0.2) is 26.8 Å². The topological polar surface area (TPSA) is 99.8 Å². The van der Waals surface area contributed by atoms with Crippen LogP contribution in [0.15, 0.2) is 61.1 Å². The van der Waals surface area contributed by atoms with Crippen LogP contribution in [0.2, 0.25) is 0 Å². The average Bonchev–Trinajstić information content (AvgIpc) is 3.06. The van der Waals surface area contributed by atoms with E-state index < -0.39 is 11.8 Å². The van der Waals surface area contributed by atoms with Crippen LogP contribution in [0.4, 0.5) is 11.5 Å². The summed E-state index contributed by atoms with van der Waals surface area (Å²) in [7, 11) is 0. The van der Waals surface area contributed by atoms with Crippen LogP contribution < -0.4 is 10.6 Å². The number of hydrogen-bond donors (Lipinski definition) is 3. The molecule has 0 unspecified atom stereocenters. The lowest BCUT2D eigenvalue weighted by Crippen LogP contribution is -2.20. The van der Waals surface area contributed by atoms with Gasteiger partial charge < -0.3 is 15.6 Å². The highest BCUT2D eigenvalue weighted by atomic mass is 16.2. The minimum Gasteiger partial charge on any atom is -0.340 e. The zero-order chi connectivity index (χ0) is 16.1. The van der Waals surface area contributed by atoms with E-state index in [1.165, 1.54) is 6.33 Å². The van der Waals surface area contributed by atoms with Crippen molar-refractivity contribution in [2.75, 3.05) is 10.6 Å². The monoisotopic (exact) mass is 307 g/mol. The second kappa shape index (κ2) is 6.52. The van der Waals surface area contributed by atoms with Gasteiger partial charge in [0.2, 0.25) is 0 Å². The number of aromatic amines is 1. The highest BCUT2D eigenvalue weighted by Crippen LogP contribution is 2.11. The minimum absolute atomic E-state index is 0.0160. The predicted octanol–water partition coefficient (Wildman–Crippen LogP) is 2.31. The van der Waals surface area contributed by atoms with Crippen molar-refractivity contribution in [3.05, 3.63) is 72.4 Å². The van der Waals surface area contributed by atoms with Crippen molar-refractivity contribution in [2.45, 2.75) is 0 Å². The molecule has 2 heterocycles. The molecule has 0 aliphatic heterocycles. The van der Waals surface area contributed by atoms with Crippen LogP contribution in [0.3, 0.4) is 0 Å². The molecule has 7 heteroatoms. The van der Waals surface area contributed by atoms with E-state index in [2.05, 4.69) is 25.6 Å². The maximum atomic E-state index is 12.3. The Labute approximate surface area is 131 Å². The Morgan fingerprint density at radius 3 is 2.39 bits per heavy atom. The van der Waals surface area contributed by atoms with Gasteiger partial charge in [0, 0.05) is 11.9 Å². The molecule has 0 saturated carbocycles. The summed E-state index contributed by atoms with van der Waals surface area (Å²) in [5, 5.41) is 5.29. The number of carbonyl (C=O) groups is 2. The molecule has 23 heavy (non-hydrogen) atoms. The molecule has 0 bridgehead atoms. The quantitative estimate of drug-likeness (QED) is 0.688. The molecule has 3 rings (SSSR count). The summed E-state index contributed by atoms with van der Waals surface area (Å²) in [4.78, 5) is 35.1. The van der Waals surface area contributed by atoms with Crippen LogP contribution >= 0.6 is 0 Å². The van der Waals surface area contributed by atoms with Crippen LogP contribution in [0.25, 0.3) is 0 Å². The molecule has 0 saturated heterocycles. The maximum Gasteiger partial charge on any atom is 0.276 e. The van der Waals surface area contributed by atoms with Crippen molar-refractivity contribution in [3.8, 4) is 0 Å². The van der Waals surface area contributed by atoms with Gasteiger partial charge in [-0.15, -0.1) is 0 Å². The summed E-state index contributed by atoms with van der Waals surface area (Å²) in [6.07, 6.45) is 2.86. The maximum absolute atomic E-state index is 12.3. The van der Waals surface area contributed by atoms with E-state index in [-0.39, 0.29) is 11.4 Å². The van der Waals surface area contributed by atoms with Crippen LogP contribution in [-0.2, 0) is 0 Å². The van der Waals surface area contributed by atoms with Crippen molar-refractivity contribution in [1.29, 1.82) is 0 Å². The van der Waals surface area contributed by atoms with E-state index in [9.17, 15) is 9.59 Å². The molecule has 114 valence electrons. The Morgan fingerprint density at radius 2 is 1.65 bits per heavy atom. The van der Waals surface area contributed by atoms with Gasteiger partial charge in [0.1, 0.15) is 11.5 Å². The molecule has 0 aliphatic carbocycles. The van der Waals surface area contributed by atoms with Gasteiger partial charge in [0.25, 0.3) is 11.8 Å². The Bertz CT molecular complexity index is 747. The fourth-order valence-electron chi connectivity index (χ4n) is 1.97. The smallest absolute Gasteiger partial charge is 0.276 e. The lowest BCUT2D eigenvalue weighted by molar-refractivity contribution is 0.0985. The van der Waals surface area contributed by atoms with Crippen molar-refractivity contribution in [2.24, 2.45) is 0 Å². The summed E-state index contributed by atoms with van der Waals surface area (Å²) in [5.74, 6) is -0.565. The number of amides is 2. The fraction of sp³-hybridized carbons (Fsp3) is 0. The van der Waals surface area contributed by atoms with Gasteiger partial charge in [-0.05, 0) is 24.3 Å². The number of hydrogen-bond acceptors (Lipinski definition) is 4. The molecule has 2 amide bonds. The Balaban J connectivity index is 1.76. The van der Waals surface area contributed by atoms with Gasteiger partial charge >= 0.3 is 0 Å². The van der Waals surface area contributed by atoms with Gasteiger partial charge in [-0.1, -0.05) is 24.3 Å². The zero-order valence-corrected chi connectivity index (χ0v) is 12.0. The van der Waals surface area contributed by atoms with Crippen LogP contribution in [0, 0.1) is 0 Å². The van der Waals surface area contributed by atoms with Crippen LogP contribution in [0.1, 0.15) is 21.0 Å². The molecular weight excluding hydrogens is 294 g/mol. The molecule has 0 atom stereocenters. The highest BCUT2D eigenvalue weighted by Gasteiger charge is 2.20. The number of pyridine rings is 1. The zero-order valence-electron chi connectivity index (χ0n) is 12.0. The molecule has 3 aromatic rings. The molecular formula is C16H13N5O2.